The Kier molecular flexibility index (Phi) is 3.55. The molecule has 1 nitrogen and oxygen atoms in total. The van der Waals surface area contributed by atoms with Crippen molar-refractivity contribution in [3.05, 3.63) is 34.9 Å². The van der Waals surface area contributed by atoms with Gasteiger partial charge in [0.25, 0.3) is 0 Å². The highest BCUT2D eigenvalue weighted by Gasteiger charge is 2.30. The maximum absolute atomic E-state index is 11.9. The third-order valence-corrected chi connectivity index (χ3v) is 1.39. The van der Waals surface area contributed by atoms with Gasteiger partial charge in [0.15, 0.2) is 0 Å². The second-order valence-electron chi connectivity index (χ2n) is 2.01. The quantitative estimate of drug-likeness (QED) is 0.614. The minimum atomic E-state index is -4.30. The van der Waals surface area contributed by atoms with Crippen LogP contribution < -0.4 is 0 Å². The van der Waals surface area contributed by atoms with Gasteiger partial charge in [-0.25, -0.2) is 0 Å². The van der Waals surface area contributed by atoms with E-state index >= 15 is 0 Å². The van der Waals surface area contributed by atoms with E-state index in [4.69, 9.17) is 11.6 Å². The van der Waals surface area contributed by atoms with E-state index in [1.807, 2.05) is 0 Å². The Morgan fingerprint density at radius 2 is 1.75 bits per heavy atom. The van der Waals surface area contributed by atoms with Crippen LogP contribution in [0.4, 0.5) is 13.2 Å². The minimum Gasteiger partial charge on any atom is -0.412 e. The number of benzene rings is 1. The molecule has 0 saturated heterocycles. The van der Waals surface area contributed by atoms with Crippen LogP contribution in [0.3, 0.4) is 0 Å². The van der Waals surface area contributed by atoms with Gasteiger partial charge in [0.1, 0.15) is 0 Å². The molecule has 0 spiro atoms. The van der Waals surface area contributed by atoms with Gasteiger partial charge in [0.05, 0.1) is 5.56 Å². The third kappa shape index (κ3) is 2.71. The Hall–Kier alpha value is -0.740. The summed E-state index contributed by atoms with van der Waals surface area (Å²) in [6.45, 7) is 0. The molecule has 2 N–H and O–H groups in total. The fraction of sp³-hybridized carbons (Fsp3) is 0.143. The third-order valence-electron chi connectivity index (χ3n) is 1.15. The summed E-state index contributed by atoms with van der Waals surface area (Å²) in [5.74, 6) is 0. The molecule has 0 saturated carbocycles. The molecule has 1 rings (SSSR count). The lowest BCUT2D eigenvalue weighted by Gasteiger charge is -2.05. The van der Waals surface area contributed by atoms with E-state index in [0.717, 1.165) is 12.1 Å². The van der Waals surface area contributed by atoms with Crippen LogP contribution >= 0.6 is 11.6 Å². The fourth-order valence-corrected chi connectivity index (χ4v) is 0.855. The van der Waals surface area contributed by atoms with Crippen molar-refractivity contribution in [3.63, 3.8) is 0 Å². The SMILES string of the molecule is FC(F)(F)c1cccc(Cl)c1.O. The Balaban J connectivity index is 0.00000121. The van der Waals surface area contributed by atoms with Crippen molar-refractivity contribution in [2.75, 3.05) is 0 Å². The van der Waals surface area contributed by atoms with Gasteiger partial charge < -0.3 is 5.48 Å². The summed E-state index contributed by atoms with van der Waals surface area (Å²) in [6.07, 6.45) is -4.30. The molecule has 0 aliphatic carbocycles. The molecule has 12 heavy (non-hydrogen) atoms. The van der Waals surface area contributed by atoms with Gasteiger partial charge in [-0.2, -0.15) is 13.2 Å². The second-order valence-corrected chi connectivity index (χ2v) is 2.44. The van der Waals surface area contributed by atoms with E-state index in [0.29, 0.717) is 0 Å². The minimum absolute atomic E-state index is 0. The standard InChI is InChI=1S/C7H4ClF3.H2O/c8-6-3-1-2-5(4-6)7(9,10)11;/h1-4H;1H2. The van der Waals surface area contributed by atoms with Crippen LogP contribution in [0.2, 0.25) is 5.02 Å². The van der Waals surface area contributed by atoms with Crippen molar-refractivity contribution in [2.45, 2.75) is 6.18 Å². The van der Waals surface area contributed by atoms with Gasteiger partial charge in [-0.05, 0) is 18.2 Å². The van der Waals surface area contributed by atoms with Gasteiger partial charge in [0.2, 0.25) is 0 Å². The summed E-state index contributed by atoms with van der Waals surface area (Å²) in [5.41, 5.74) is -0.718. The van der Waals surface area contributed by atoms with Crippen molar-refractivity contribution < 1.29 is 18.6 Å². The number of halogens is 4. The largest absolute Gasteiger partial charge is 0.416 e. The molecule has 68 valence electrons. The molecule has 0 amide bonds. The topological polar surface area (TPSA) is 31.5 Å². The highest BCUT2D eigenvalue weighted by atomic mass is 35.5. The Morgan fingerprint density at radius 3 is 2.08 bits per heavy atom. The van der Waals surface area contributed by atoms with Crippen molar-refractivity contribution in [1.82, 2.24) is 0 Å². The van der Waals surface area contributed by atoms with E-state index < -0.39 is 11.7 Å². The number of hydrogen-bond donors (Lipinski definition) is 0. The zero-order chi connectivity index (χ0) is 8.48. The first kappa shape index (κ1) is 11.3. The molecule has 0 radical (unpaired) electrons. The zero-order valence-corrected chi connectivity index (χ0v) is 6.58. The van der Waals surface area contributed by atoms with E-state index in [2.05, 4.69) is 0 Å². The number of hydrogen-bond acceptors (Lipinski definition) is 0. The molecular weight excluding hydrogens is 193 g/mol. The second kappa shape index (κ2) is 3.78. The molecule has 0 bridgehead atoms. The van der Waals surface area contributed by atoms with Crippen LogP contribution in [0, 0.1) is 0 Å². The van der Waals surface area contributed by atoms with Crippen LogP contribution in [-0.4, -0.2) is 5.48 Å². The van der Waals surface area contributed by atoms with Crippen LogP contribution in [0.25, 0.3) is 0 Å². The molecule has 0 unspecified atom stereocenters. The summed E-state index contributed by atoms with van der Waals surface area (Å²) in [6, 6.07) is 4.54. The van der Waals surface area contributed by atoms with Crippen LogP contribution in [-0.2, 0) is 6.18 Å². The van der Waals surface area contributed by atoms with Crippen molar-refractivity contribution in [1.29, 1.82) is 0 Å². The highest BCUT2D eigenvalue weighted by molar-refractivity contribution is 6.30. The lowest BCUT2D eigenvalue weighted by molar-refractivity contribution is -0.137. The molecule has 1 aromatic rings. The zero-order valence-electron chi connectivity index (χ0n) is 5.82. The number of rotatable bonds is 0. The normalized spacial score (nSPS) is 10.7. The Labute approximate surface area is 72.1 Å². The predicted octanol–water partition coefficient (Wildman–Crippen LogP) is 2.53. The maximum Gasteiger partial charge on any atom is 0.416 e. The summed E-state index contributed by atoms with van der Waals surface area (Å²) < 4.78 is 35.7. The molecule has 0 aliphatic rings. The molecule has 1 aromatic carbocycles. The summed E-state index contributed by atoms with van der Waals surface area (Å²) in [5, 5.41) is 0.0971. The first-order chi connectivity index (χ1) is 5.00. The monoisotopic (exact) mass is 198 g/mol. The first-order valence-electron chi connectivity index (χ1n) is 2.83. The molecule has 0 atom stereocenters. The van der Waals surface area contributed by atoms with Crippen LogP contribution in [0.5, 0.6) is 0 Å². The van der Waals surface area contributed by atoms with Gasteiger partial charge in [-0.3, -0.25) is 0 Å². The van der Waals surface area contributed by atoms with Crippen LogP contribution in [0.1, 0.15) is 5.56 Å². The molecule has 0 fully saturated rings. The average molecular weight is 199 g/mol. The van der Waals surface area contributed by atoms with Gasteiger partial charge in [0, 0.05) is 5.02 Å². The van der Waals surface area contributed by atoms with Gasteiger partial charge in [-0.1, -0.05) is 17.7 Å². The van der Waals surface area contributed by atoms with E-state index in [9.17, 15) is 13.2 Å². The van der Waals surface area contributed by atoms with E-state index in [-0.39, 0.29) is 10.5 Å². The van der Waals surface area contributed by atoms with Crippen molar-refractivity contribution in [3.8, 4) is 0 Å². The molecular formula is C7H6ClF3O. The van der Waals surface area contributed by atoms with Crippen molar-refractivity contribution in [2.24, 2.45) is 0 Å². The smallest absolute Gasteiger partial charge is 0.412 e. The highest BCUT2D eigenvalue weighted by Crippen LogP contribution is 2.30. The summed E-state index contributed by atoms with van der Waals surface area (Å²) in [4.78, 5) is 0. The average Bonchev–Trinajstić information content (AvgIpc) is 1.86. The first-order valence-corrected chi connectivity index (χ1v) is 3.21. The van der Waals surface area contributed by atoms with E-state index in [1.165, 1.54) is 12.1 Å². The predicted molar refractivity (Wildman–Crippen MR) is 40.1 cm³/mol. The van der Waals surface area contributed by atoms with Crippen LogP contribution in [0.15, 0.2) is 24.3 Å². The summed E-state index contributed by atoms with van der Waals surface area (Å²) in [7, 11) is 0. The molecule has 0 heterocycles. The van der Waals surface area contributed by atoms with Gasteiger partial charge in [-0.15, -0.1) is 0 Å². The van der Waals surface area contributed by atoms with Gasteiger partial charge >= 0.3 is 6.18 Å². The maximum atomic E-state index is 11.9. The van der Waals surface area contributed by atoms with Crippen molar-refractivity contribution >= 4 is 11.6 Å². The fourth-order valence-electron chi connectivity index (χ4n) is 0.665. The molecule has 0 aromatic heterocycles. The van der Waals surface area contributed by atoms with E-state index in [1.54, 1.807) is 0 Å². The lowest BCUT2D eigenvalue weighted by Crippen LogP contribution is -2.03. The number of alkyl halides is 3. The lowest BCUT2D eigenvalue weighted by atomic mass is 10.2. The summed E-state index contributed by atoms with van der Waals surface area (Å²) >= 11 is 5.35. The Morgan fingerprint density at radius 1 is 1.17 bits per heavy atom. The molecule has 5 heteroatoms. The molecule has 0 aliphatic heterocycles. The Bertz CT molecular complexity index is 259.